The highest BCUT2D eigenvalue weighted by molar-refractivity contribution is 6.05. The fourth-order valence-corrected chi connectivity index (χ4v) is 4.95. The number of fused-ring (bicyclic) bond motifs is 1. The Morgan fingerprint density at radius 2 is 1.32 bits per heavy atom. The summed E-state index contributed by atoms with van der Waals surface area (Å²) in [6, 6.07) is 29.8. The van der Waals surface area contributed by atoms with Gasteiger partial charge in [-0.1, -0.05) is 18.2 Å². The second-order valence-corrected chi connectivity index (χ2v) is 9.92. The molecule has 1 fully saturated rings. The van der Waals surface area contributed by atoms with Gasteiger partial charge in [0.05, 0.1) is 23.5 Å². The molecule has 0 bridgehead atoms. The predicted octanol–water partition coefficient (Wildman–Crippen LogP) is 5.49. The zero-order valence-electron chi connectivity index (χ0n) is 21.8. The summed E-state index contributed by atoms with van der Waals surface area (Å²) in [4.78, 5) is 27.6. The van der Waals surface area contributed by atoms with Crippen LogP contribution in [0.1, 0.15) is 33.6 Å². The van der Waals surface area contributed by atoms with E-state index in [1.54, 1.807) is 18.3 Å². The summed E-state index contributed by atoms with van der Waals surface area (Å²) in [6.45, 7) is 1.63. The maximum atomic E-state index is 12.9. The largest absolute Gasteiger partial charge is 0.393 e. The molecule has 0 unspecified atom stereocenters. The predicted molar refractivity (Wildman–Crippen MR) is 157 cm³/mol. The number of carbonyl (C=O) groups excluding carboxylic acids is 2. The van der Waals surface area contributed by atoms with Gasteiger partial charge in [-0.05, 0) is 91.7 Å². The Morgan fingerprint density at radius 1 is 0.725 bits per heavy atom. The lowest BCUT2D eigenvalue weighted by Crippen LogP contribution is -2.35. The third-order valence-corrected chi connectivity index (χ3v) is 7.19. The van der Waals surface area contributed by atoms with Gasteiger partial charge >= 0.3 is 0 Å². The number of nitrogens with one attached hydrogen (secondary N) is 2. The lowest BCUT2D eigenvalue weighted by Gasteiger charge is -2.31. The maximum absolute atomic E-state index is 12.9. The number of amides is 2. The van der Waals surface area contributed by atoms with E-state index in [0.717, 1.165) is 48.2 Å². The van der Waals surface area contributed by atoms with Crippen LogP contribution in [0.2, 0.25) is 0 Å². The van der Waals surface area contributed by atoms with E-state index in [1.165, 1.54) is 0 Å². The molecule has 0 aliphatic carbocycles. The number of aromatic nitrogens is 2. The van der Waals surface area contributed by atoms with E-state index < -0.39 is 0 Å². The smallest absolute Gasteiger partial charge is 0.255 e. The van der Waals surface area contributed by atoms with Gasteiger partial charge in [0.2, 0.25) is 0 Å². The van der Waals surface area contributed by atoms with Crippen LogP contribution in [0.4, 0.5) is 17.1 Å². The second kappa shape index (κ2) is 11.0. The summed E-state index contributed by atoms with van der Waals surface area (Å²) in [7, 11) is 0. The Hall–Kier alpha value is -4.95. The van der Waals surface area contributed by atoms with Gasteiger partial charge in [0, 0.05) is 46.7 Å². The molecule has 1 saturated heterocycles. The molecule has 4 aromatic carbocycles. The van der Waals surface area contributed by atoms with Gasteiger partial charge < -0.3 is 20.6 Å². The molecule has 0 spiro atoms. The molecule has 0 radical (unpaired) electrons. The SMILES string of the molecule is O=C(Nc1ccc(-n2ncc3cc(NC(=O)c4ccc(N5CCC(O)CC5)cc4)ccc32)cc1)c1ccccc1. The summed E-state index contributed by atoms with van der Waals surface area (Å²) in [6.07, 6.45) is 3.07. The first-order valence-electron chi connectivity index (χ1n) is 13.3. The molecule has 0 atom stereocenters. The van der Waals surface area contributed by atoms with E-state index in [4.69, 9.17) is 0 Å². The Labute approximate surface area is 231 Å². The number of anilines is 3. The molecule has 2 amide bonds. The quantitative estimate of drug-likeness (QED) is 0.269. The average Bonchev–Trinajstić information content (AvgIpc) is 3.42. The number of aliphatic hydroxyl groups is 1. The number of aliphatic hydroxyl groups excluding tert-OH is 1. The highest BCUT2D eigenvalue weighted by Crippen LogP contribution is 2.25. The minimum Gasteiger partial charge on any atom is -0.393 e. The molecule has 3 N–H and O–H groups in total. The van der Waals surface area contributed by atoms with Crippen LogP contribution in [0.5, 0.6) is 0 Å². The Balaban J connectivity index is 1.11. The number of hydrogen-bond acceptors (Lipinski definition) is 5. The van der Waals surface area contributed by atoms with Crippen LogP contribution in [0, 0.1) is 0 Å². The van der Waals surface area contributed by atoms with Crippen molar-refractivity contribution < 1.29 is 14.7 Å². The monoisotopic (exact) mass is 531 g/mol. The Bertz CT molecular complexity index is 1640. The molecular formula is C32H29N5O3. The highest BCUT2D eigenvalue weighted by atomic mass is 16.3. The summed E-state index contributed by atoms with van der Waals surface area (Å²) >= 11 is 0. The molecule has 1 aliphatic rings. The normalized spacial score (nSPS) is 13.8. The van der Waals surface area contributed by atoms with Gasteiger partial charge in [-0.2, -0.15) is 5.10 Å². The second-order valence-electron chi connectivity index (χ2n) is 9.92. The molecule has 0 saturated carbocycles. The summed E-state index contributed by atoms with van der Waals surface area (Å²) in [5.41, 5.74) is 5.37. The molecule has 8 nitrogen and oxygen atoms in total. The van der Waals surface area contributed by atoms with Gasteiger partial charge in [0.25, 0.3) is 11.8 Å². The fraction of sp³-hybridized carbons (Fsp3) is 0.156. The van der Waals surface area contributed by atoms with Crippen LogP contribution in [-0.4, -0.2) is 45.9 Å². The van der Waals surface area contributed by atoms with Crippen LogP contribution >= 0.6 is 0 Å². The molecule has 1 aliphatic heterocycles. The first kappa shape index (κ1) is 25.3. The van der Waals surface area contributed by atoms with Crippen molar-refractivity contribution in [3.8, 4) is 5.69 Å². The number of carbonyl (C=O) groups is 2. The van der Waals surface area contributed by atoms with Gasteiger partial charge in [-0.25, -0.2) is 4.68 Å². The third-order valence-electron chi connectivity index (χ3n) is 7.19. The van der Waals surface area contributed by atoms with E-state index in [0.29, 0.717) is 22.5 Å². The molecular weight excluding hydrogens is 502 g/mol. The van der Waals surface area contributed by atoms with Crippen LogP contribution in [0.15, 0.2) is 103 Å². The molecule has 2 heterocycles. The van der Waals surface area contributed by atoms with E-state index in [9.17, 15) is 14.7 Å². The van der Waals surface area contributed by atoms with Crippen LogP contribution in [0.3, 0.4) is 0 Å². The van der Waals surface area contributed by atoms with Crippen molar-refractivity contribution in [2.75, 3.05) is 28.6 Å². The minimum absolute atomic E-state index is 0.161. The van der Waals surface area contributed by atoms with Crippen molar-refractivity contribution in [3.05, 3.63) is 114 Å². The molecule has 6 rings (SSSR count). The van der Waals surface area contributed by atoms with Crippen LogP contribution in [-0.2, 0) is 0 Å². The zero-order valence-corrected chi connectivity index (χ0v) is 21.8. The first-order valence-corrected chi connectivity index (χ1v) is 13.3. The number of hydrogen-bond donors (Lipinski definition) is 3. The van der Waals surface area contributed by atoms with Crippen molar-refractivity contribution in [2.45, 2.75) is 18.9 Å². The van der Waals surface area contributed by atoms with E-state index >= 15 is 0 Å². The van der Waals surface area contributed by atoms with Crippen molar-refractivity contribution >= 4 is 39.8 Å². The first-order chi connectivity index (χ1) is 19.5. The van der Waals surface area contributed by atoms with Crippen molar-refractivity contribution in [2.24, 2.45) is 0 Å². The molecule has 40 heavy (non-hydrogen) atoms. The minimum atomic E-state index is -0.217. The van der Waals surface area contributed by atoms with Crippen LogP contribution in [0.25, 0.3) is 16.6 Å². The lowest BCUT2D eigenvalue weighted by molar-refractivity contribution is 0.101. The summed E-state index contributed by atoms with van der Waals surface area (Å²) in [5.74, 6) is -0.341. The average molecular weight is 532 g/mol. The molecule has 200 valence electrons. The van der Waals surface area contributed by atoms with E-state index in [1.807, 2.05) is 89.6 Å². The Kier molecular flexibility index (Phi) is 6.99. The van der Waals surface area contributed by atoms with Gasteiger partial charge in [0.15, 0.2) is 0 Å². The Morgan fingerprint density at radius 3 is 2.02 bits per heavy atom. The molecule has 1 aromatic heterocycles. The number of benzene rings is 4. The van der Waals surface area contributed by atoms with E-state index in [2.05, 4.69) is 20.6 Å². The lowest BCUT2D eigenvalue weighted by atomic mass is 10.1. The maximum Gasteiger partial charge on any atom is 0.255 e. The van der Waals surface area contributed by atoms with Crippen LogP contribution < -0.4 is 15.5 Å². The molecule has 5 aromatic rings. The van der Waals surface area contributed by atoms with Crippen molar-refractivity contribution in [1.82, 2.24) is 9.78 Å². The third kappa shape index (κ3) is 5.43. The summed E-state index contributed by atoms with van der Waals surface area (Å²) in [5, 5.41) is 21.0. The fourth-order valence-electron chi connectivity index (χ4n) is 4.95. The number of nitrogens with zero attached hydrogens (tertiary/aromatic N) is 3. The number of piperidine rings is 1. The topological polar surface area (TPSA) is 99.5 Å². The van der Waals surface area contributed by atoms with Crippen molar-refractivity contribution in [1.29, 1.82) is 0 Å². The standard InChI is InChI=1S/C32H29N5O3/c38-29-16-18-36(19-17-29)27-11-6-23(7-12-27)32(40)35-26-10-15-30-24(20-26)21-33-37(30)28-13-8-25(9-14-28)34-31(39)22-4-2-1-3-5-22/h1-15,20-21,29,38H,16-19H2,(H,34,39)(H,35,40). The van der Waals surface area contributed by atoms with Gasteiger partial charge in [0.1, 0.15) is 0 Å². The van der Waals surface area contributed by atoms with Gasteiger partial charge in [-0.3, -0.25) is 9.59 Å². The molecule has 8 heteroatoms. The van der Waals surface area contributed by atoms with E-state index in [-0.39, 0.29) is 17.9 Å². The number of rotatable bonds is 6. The van der Waals surface area contributed by atoms with Crippen molar-refractivity contribution in [3.63, 3.8) is 0 Å². The van der Waals surface area contributed by atoms with Gasteiger partial charge in [-0.15, -0.1) is 0 Å². The highest BCUT2D eigenvalue weighted by Gasteiger charge is 2.18. The summed E-state index contributed by atoms with van der Waals surface area (Å²) < 4.78 is 1.82. The zero-order chi connectivity index (χ0) is 27.5.